The summed E-state index contributed by atoms with van der Waals surface area (Å²) >= 11 is 6.03. The molecule has 35 heavy (non-hydrogen) atoms. The van der Waals surface area contributed by atoms with E-state index in [0.29, 0.717) is 5.56 Å². The van der Waals surface area contributed by atoms with E-state index in [2.05, 4.69) is 27.3 Å². The van der Waals surface area contributed by atoms with Gasteiger partial charge >= 0.3 is 0 Å². The van der Waals surface area contributed by atoms with Crippen LogP contribution in [0.1, 0.15) is 16.7 Å². The van der Waals surface area contributed by atoms with Crippen molar-refractivity contribution in [1.82, 2.24) is 9.88 Å². The van der Waals surface area contributed by atoms with Crippen molar-refractivity contribution in [3.05, 3.63) is 82.3 Å². The van der Waals surface area contributed by atoms with Crippen LogP contribution in [0.2, 0.25) is 5.02 Å². The summed E-state index contributed by atoms with van der Waals surface area (Å²) in [6.45, 7) is 2.74. The minimum Gasteiger partial charge on any atom is -0.504 e. The molecule has 4 aromatic rings. The van der Waals surface area contributed by atoms with Crippen LogP contribution < -0.4 is 5.32 Å². The van der Waals surface area contributed by atoms with Gasteiger partial charge in [0.15, 0.2) is 11.6 Å². The van der Waals surface area contributed by atoms with E-state index in [1.165, 1.54) is 17.7 Å². The zero-order valence-electron chi connectivity index (χ0n) is 19.6. The maximum atomic E-state index is 14.2. The van der Waals surface area contributed by atoms with Crippen LogP contribution in [0.15, 0.2) is 54.7 Å². The van der Waals surface area contributed by atoms with Crippen molar-refractivity contribution in [2.75, 3.05) is 19.4 Å². The Hall–Kier alpha value is -3.19. The number of aromatic nitrogens is 1. The molecule has 8 heteroatoms. The Morgan fingerprint density at radius 3 is 2.49 bits per heavy atom. The number of nitrogens with one attached hydrogen (secondary N) is 1. The summed E-state index contributed by atoms with van der Waals surface area (Å²) in [5, 5.41) is 13.9. The first-order valence-corrected chi connectivity index (χ1v) is 11.2. The topological polar surface area (TPSA) is 65.5 Å². The molecule has 0 fully saturated rings. The number of phenols is 1. The van der Waals surface area contributed by atoms with Gasteiger partial charge in [-0.25, -0.2) is 4.39 Å². The quantitative estimate of drug-likeness (QED) is 0.270. The van der Waals surface area contributed by atoms with Gasteiger partial charge in [-0.1, -0.05) is 23.7 Å². The minimum absolute atomic E-state index is 0. The Morgan fingerprint density at radius 2 is 1.86 bits per heavy atom. The lowest BCUT2D eigenvalue weighted by Crippen LogP contribution is -2.10. The van der Waals surface area contributed by atoms with E-state index in [-0.39, 0.29) is 23.9 Å². The third kappa shape index (κ3) is 5.73. The summed E-state index contributed by atoms with van der Waals surface area (Å²) in [4.78, 5) is 18.0. The van der Waals surface area contributed by atoms with E-state index >= 15 is 0 Å². The SMILES string of the molecule is Cc1cc2ncc(CC=O)c(Nc3ccc(CN(C)C)cc3)c2cc1-c1cc(F)c(O)c(Cl)c1.Cl. The molecule has 0 unspecified atom stereocenters. The molecule has 4 rings (SSSR count). The smallest absolute Gasteiger partial charge is 0.170 e. The number of benzene rings is 3. The number of anilines is 2. The summed E-state index contributed by atoms with van der Waals surface area (Å²) in [6.07, 6.45) is 2.75. The Labute approximate surface area is 215 Å². The maximum absolute atomic E-state index is 14.2. The molecule has 0 saturated heterocycles. The molecule has 0 spiro atoms. The van der Waals surface area contributed by atoms with Crippen LogP contribution >= 0.6 is 24.0 Å². The Balaban J connectivity index is 0.00000342. The molecule has 1 aromatic heterocycles. The zero-order chi connectivity index (χ0) is 24.4. The maximum Gasteiger partial charge on any atom is 0.170 e. The Bertz CT molecular complexity index is 1350. The number of phenolic OH excluding ortho intramolecular Hbond substituents is 1. The summed E-state index contributed by atoms with van der Waals surface area (Å²) in [5.74, 6) is -1.36. The van der Waals surface area contributed by atoms with E-state index < -0.39 is 11.6 Å². The molecule has 1 heterocycles. The number of hydrogen-bond donors (Lipinski definition) is 2. The van der Waals surface area contributed by atoms with Crippen LogP contribution in [0.3, 0.4) is 0 Å². The number of aromatic hydroxyl groups is 1. The fourth-order valence-electron chi connectivity index (χ4n) is 4.01. The largest absolute Gasteiger partial charge is 0.504 e. The summed E-state index contributed by atoms with van der Waals surface area (Å²) in [7, 11) is 4.04. The molecule has 0 bridgehead atoms. The Morgan fingerprint density at radius 1 is 1.14 bits per heavy atom. The van der Waals surface area contributed by atoms with E-state index in [1.807, 2.05) is 45.3 Å². The van der Waals surface area contributed by atoms with E-state index in [9.17, 15) is 14.3 Å². The van der Waals surface area contributed by atoms with Crippen LogP contribution in [-0.2, 0) is 17.8 Å². The molecule has 0 aliphatic heterocycles. The molecule has 182 valence electrons. The molecule has 2 N–H and O–H groups in total. The van der Waals surface area contributed by atoms with Gasteiger partial charge in [0.25, 0.3) is 0 Å². The molecule has 0 atom stereocenters. The lowest BCUT2D eigenvalue weighted by molar-refractivity contribution is -0.107. The highest BCUT2D eigenvalue weighted by atomic mass is 35.5. The number of carbonyl (C=O) groups is 1. The molecule has 0 amide bonds. The zero-order valence-corrected chi connectivity index (χ0v) is 21.2. The van der Waals surface area contributed by atoms with Crippen molar-refractivity contribution in [3.8, 4) is 16.9 Å². The highest BCUT2D eigenvalue weighted by Crippen LogP contribution is 2.38. The molecule has 3 aromatic carbocycles. The van der Waals surface area contributed by atoms with Gasteiger partial charge in [0.05, 0.1) is 16.2 Å². The second-order valence-corrected chi connectivity index (χ2v) is 8.97. The highest BCUT2D eigenvalue weighted by molar-refractivity contribution is 6.32. The fraction of sp³-hybridized carbons (Fsp3) is 0.185. The number of carbonyl (C=O) groups excluding carboxylic acids is 1. The lowest BCUT2D eigenvalue weighted by Gasteiger charge is -2.17. The molecule has 0 saturated carbocycles. The van der Waals surface area contributed by atoms with E-state index in [0.717, 1.165) is 51.8 Å². The van der Waals surface area contributed by atoms with Crippen LogP contribution in [0.5, 0.6) is 5.75 Å². The number of nitrogens with zero attached hydrogens (tertiary/aromatic N) is 2. The van der Waals surface area contributed by atoms with Crippen LogP contribution in [0.25, 0.3) is 22.0 Å². The standard InChI is InChI=1S/C27H25ClFN3O2.ClH/c1-16-10-25-22(13-21(16)19-11-23(28)27(34)24(29)12-19)26(18(8-9-33)14-30-25)31-20-6-4-17(5-7-20)15-32(2)3;/h4-7,9-14,34H,8,15H2,1-3H3,(H,30,31);1H. The van der Waals surface area contributed by atoms with Crippen molar-refractivity contribution in [2.24, 2.45) is 0 Å². The number of rotatable bonds is 7. The van der Waals surface area contributed by atoms with Gasteiger partial charge in [0, 0.05) is 35.8 Å². The predicted molar refractivity (Wildman–Crippen MR) is 143 cm³/mol. The van der Waals surface area contributed by atoms with Crippen LogP contribution in [0, 0.1) is 12.7 Å². The monoisotopic (exact) mass is 513 g/mol. The van der Waals surface area contributed by atoms with Gasteiger partial charge in [-0.3, -0.25) is 4.98 Å². The summed E-state index contributed by atoms with van der Waals surface area (Å²) in [5.41, 5.74) is 6.50. The first-order valence-electron chi connectivity index (χ1n) is 10.8. The number of hydrogen-bond acceptors (Lipinski definition) is 5. The molecular weight excluding hydrogens is 488 g/mol. The second kappa shape index (κ2) is 11.0. The van der Waals surface area contributed by atoms with Gasteiger partial charge in [-0.05, 0) is 79.7 Å². The van der Waals surface area contributed by atoms with Gasteiger partial charge in [-0.2, -0.15) is 0 Å². The highest BCUT2D eigenvalue weighted by Gasteiger charge is 2.15. The van der Waals surface area contributed by atoms with Crippen molar-refractivity contribution in [3.63, 3.8) is 0 Å². The molecular formula is C27H26Cl2FN3O2. The van der Waals surface area contributed by atoms with E-state index in [1.54, 1.807) is 6.20 Å². The normalized spacial score (nSPS) is 10.9. The first kappa shape index (κ1) is 26.4. The number of halogens is 3. The lowest BCUT2D eigenvalue weighted by atomic mass is 9.96. The van der Waals surface area contributed by atoms with Crippen molar-refractivity contribution >= 4 is 52.6 Å². The van der Waals surface area contributed by atoms with Crippen molar-refractivity contribution < 1.29 is 14.3 Å². The van der Waals surface area contributed by atoms with Gasteiger partial charge in [0.1, 0.15) is 6.29 Å². The van der Waals surface area contributed by atoms with E-state index in [4.69, 9.17) is 11.6 Å². The average Bonchev–Trinajstić information content (AvgIpc) is 2.79. The molecule has 0 radical (unpaired) electrons. The molecule has 0 aliphatic rings. The van der Waals surface area contributed by atoms with Crippen LogP contribution in [-0.4, -0.2) is 35.4 Å². The molecule has 5 nitrogen and oxygen atoms in total. The van der Waals surface area contributed by atoms with Gasteiger partial charge in [-0.15, -0.1) is 12.4 Å². The summed E-state index contributed by atoms with van der Waals surface area (Å²) < 4.78 is 14.2. The fourth-order valence-corrected chi connectivity index (χ4v) is 4.22. The van der Waals surface area contributed by atoms with Crippen LogP contribution in [0.4, 0.5) is 15.8 Å². The van der Waals surface area contributed by atoms with Gasteiger partial charge < -0.3 is 20.1 Å². The number of aldehydes is 1. The first-order chi connectivity index (χ1) is 16.3. The van der Waals surface area contributed by atoms with Crippen molar-refractivity contribution in [1.29, 1.82) is 0 Å². The average molecular weight is 514 g/mol. The minimum atomic E-state index is -0.786. The third-order valence-corrected chi connectivity index (χ3v) is 5.93. The van der Waals surface area contributed by atoms with Crippen molar-refractivity contribution in [2.45, 2.75) is 19.9 Å². The second-order valence-electron chi connectivity index (χ2n) is 8.56. The summed E-state index contributed by atoms with van der Waals surface area (Å²) in [6, 6.07) is 14.7. The van der Waals surface area contributed by atoms with Gasteiger partial charge in [0.2, 0.25) is 0 Å². The predicted octanol–water partition coefficient (Wildman–Crippen LogP) is 6.68. The number of fused-ring (bicyclic) bond motifs is 1. The third-order valence-electron chi connectivity index (χ3n) is 5.65. The number of aryl methyl sites for hydroxylation is 1. The number of pyridine rings is 1. The molecule has 0 aliphatic carbocycles. The Kier molecular flexibility index (Phi) is 8.33.